The minimum absolute atomic E-state index is 0.0649. The summed E-state index contributed by atoms with van der Waals surface area (Å²) in [7, 11) is 0.236. The van der Waals surface area contributed by atoms with Crippen LogP contribution < -0.4 is 0 Å². The highest BCUT2D eigenvalue weighted by atomic mass is 79.9. The molecule has 0 aromatic heterocycles. The fourth-order valence-electron chi connectivity index (χ4n) is 1.27. The second kappa shape index (κ2) is 7.29. The number of nitrogens with zero attached hydrogens (tertiary/aromatic N) is 2. The quantitative estimate of drug-likeness (QED) is 0.829. The average Bonchev–Trinajstić information content (AvgIpc) is 2.36. The van der Waals surface area contributed by atoms with Crippen molar-refractivity contribution in [1.29, 1.82) is 5.26 Å². The largest absolute Gasteiger partial charge is 0.344 e. The van der Waals surface area contributed by atoms with Gasteiger partial charge < -0.3 is 4.90 Å². The Labute approximate surface area is 117 Å². The fourth-order valence-corrected chi connectivity index (χ4v) is 3.21. The molecule has 1 atom stereocenters. The van der Waals surface area contributed by atoms with Gasteiger partial charge in [0.25, 0.3) is 0 Å². The molecule has 0 aliphatic heterocycles. The van der Waals surface area contributed by atoms with Crippen LogP contribution in [0.1, 0.15) is 6.42 Å². The van der Waals surface area contributed by atoms with Gasteiger partial charge in [-0.2, -0.15) is 5.26 Å². The first-order valence-electron chi connectivity index (χ1n) is 5.30. The second-order valence-electron chi connectivity index (χ2n) is 3.64. The van der Waals surface area contributed by atoms with Gasteiger partial charge in [-0.15, -0.1) is 0 Å². The van der Waals surface area contributed by atoms with Crippen molar-refractivity contribution < 1.29 is 9.00 Å². The van der Waals surface area contributed by atoms with Crippen LogP contribution in [-0.4, -0.2) is 34.4 Å². The molecular weight excluding hydrogens is 316 g/mol. The van der Waals surface area contributed by atoms with Gasteiger partial charge in [0.15, 0.2) is 0 Å². The highest BCUT2D eigenvalue weighted by Crippen LogP contribution is 2.19. The lowest BCUT2D eigenvalue weighted by Crippen LogP contribution is -2.31. The molecule has 0 saturated carbocycles. The highest BCUT2D eigenvalue weighted by molar-refractivity contribution is 9.10. The van der Waals surface area contributed by atoms with Gasteiger partial charge in [0, 0.05) is 18.1 Å². The van der Waals surface area contributed by atoms with Gasteiger partial charge in [-0.25, -0.2) is 0 Å². The molecule has 4 nitrogen and oxygen atoms in total. The van der Waals surface area contributed by atoms with Gasteiger partial charge in [-0.1, -0.05) is 12.1 Å². The van der Waals surface area contributed by atoms with E-state index in [-0.39, 0.29) is 18.1 Å². The van der Waals surface area contributed by atoms with E-state index >= 15 is 0 Å². The van der Waals surface area contributed by atoms with Gasteiger partial charge in [-0.3, -0.25) is 9.00 Å². The van der Waals surface area contributed by atoms with E-state index in [2.05, 4.69) is 15.9 Å². The smallest absolute Gasteiger partial charge is 0.235 e. The Balaban J connectivity index is 2.63. The number of amides is 1. The van der Waals surface area contributed by atoms with Crippen molar-refractivity contribution in [2.45, 2.75) is 11.3 Å². The molecule has 18 heavy (non-hydrogen) atoms. The minimum Gasteiger partial charge on any atom is -0.344 e. The Morgan fingerprint density at radius 2 is 2.17 bits per heavy atom. The molecule has 0 aliphatic carbocycles. The van der Waals surface area contributed by atoms with Gasteiger partial charge in [-0.05, 0) is 28.1 Å². The van der Waals surface area contributed by atoms with E-state index in [1.165, 1.54) is 4.90 Å². The molecular formula is C12H13BrN2O2S. The standard InChI is InChI=1S/C12H13BrN2O2S/c1-15(8-4-7-14)12(16)9-18(17)11-6-3-2-5-10(11)13/h2-3,5-6H,4,8-9H2,1H3. The van der Waals surface area contributed by atoms with Gasteiger partial charge in [0.1, 0.15) is 5.75 Å². The molecule has 1 amide bonds. The molecule has 0 aliphatic rings. The van der Waals surface area contributed by atoms with Crippen molar-refractivity contribution in [3.05, 3.63) is 28.7 Å². The topological polar surface area (TPSA) is 61.2 Å². The zero-order valence-electron chi connectivity index (χ0n) is 9.93. The Morgan fingerprint density at radius 3 is 2.78 bits per heavy atom. The highest BCUT2D eigenvalue weighted by Gasteiger charge is 2.15. The molecule has 0 saturated heterocycles. The van der Waals surface area contributed by atoms with Crippen molar-refractivity contribution in [2.24, 2.45) is 0 Å². The van der Waals surface area contributed by atoms with Crippen LogP contribution in [0, 0.1) is 11.3 Å². The van der Waals surface area contributed by atoms with E-state index in [0.29, 0.717) is 11.4 Å². The molecule has 0 radical (unpaired) electrons. The van der Waals surface area contributed by atoms with Crippen LogP contribution in [0.15, 0.2) is 33.6 Å². The van der Waals surface area contributed by atoms with Crippen molar-refractivity contribution in [1.82, 2.24) is 4.90 Å². The maximum Gasteiger partial charge on any atom is 0.235 e. The maximum atomic E-state index is 12.0. The lowest BCUT2D eigenvalue weighted by molar-refractivity contribution is -0.127. The number of hydrogen-bond acceptors (Lipinski definition) is 3. The predicted molar refractivity (Wildman–Crippen MR) is 73.3 cm³/mol. The van der Waals surface area contributed by atoms with Crippen LogP contribution in [-0.2, 0) is 15.6 Å². The number of rotatable bonds is 5. The summed E-state index contributed by atoms with van der Waals surface area (Å²) in [6.45, 7) is 0.364. The molecule has 0 spiro atoms. The van der Waals surface area contributed by atoms with Crippen molar-refractivity contribution in [3.8, 4) is 6.07 Å². The Kier molecular flexibility index (Phi) is 6.02. The summed E-state index contributed by atoms with van der Waals surface area (Å²) < 4.78 is 12.8. The third-order valence-corrected chi connectivity index (χ3v) is 4.63. The average molecular weight is 329 g/mol. The summed E-state index contributed by atoms with van der Waals surface area (Å²) in [6, 6.07) is 9.09. The zero-order valence-corrected chi connectivity index (χ0v) is 12.3. The van der Waals surface area contributed by atoms with Crippen LogP contribution in [0.5, 0.6) is 0 Å². The summed E-state index contributed by atoms with van der Waals surface area (Å²) in [5.41, 5.74) is 0. The van der Waals surface area contributed by atoms with E-state index in [1.54, 1.807) is 25.2 Å². The van der Waals surface area contributed by atoms with Crippen LogP contribution in [0.3, 0.4) is 0 Å². The van der Waals surface area contributed by atoms with Gasteiger partial charge >= 0.3 is 0 Å². The summed E-state index contributed by atoms with van der Waals surface area (Å²) in [4.78, 5) is 13.8. The number of carbonyl (C=O) groups excluding carboxylic acids is 1. The van der Waals surface area contributed by atoms with Crippen LogP contribution >= 0.6 is 15.9 Å². The van der Waals surface area contributed by atoms with Crippen molar-refractivity contribution >= 4 is 32.6 Å². The van der Waals surface area contributed by atoms with Crippen LogP contribution in [0.2, 0.25) is 0 Å². The molecule has 0 heterocycles. The Bertz CT molecular complexity index is 499. The summed E-state index contributed by atoms with van der Waals surface area (Å²) in [5, 5.41) is 8.44. The normalized spacial score (nSPS) is 11.6. The zero-order chi connectivity index (χ0) is 13.5. The molecule has 1 rings (SSSR count). The monoisotopic (exact) mass is 328 g/mol. The van der Waals surface area contributed by atoms with E-state index in [9.17, 15) is 9.00 Å². The first-order chi connectivity index (χ1) is 8.56. The summed E-state index contributed by atoms with van der Waals surface area (Å²) in [5.74, 6) is -0.288. The first-order valence-corrected chi connectivity index (χ1v) is 7.41. The predicted octanol–water partition coefficient (Wildman–Crippen LogP) is 1.93. The van der Waals surface area contributed by atoms with Crippen LogP contribution in [0.25, 0.3) is 0 Å². The van der Waals surface area contributed by atoms with E-state index < -0.39 is 10.8 Å². The first kappa shape index (κ1) is 14.9. The molecule has 6 heteroatoms. The number of benzene rings is 1. The number of nitriles is 1. The summed E-state index contributed by atoms with van der Waals surface area (Å²) in [6.07, 6.45) is 0.282. The van der Waals surface area contributed by atoms with Crippen LogP contribution in [0.4, 0.5) is 0 Å². The molecule has 0 bridgehead atoms. The second-order valence-corrected chi connectivity index (χ2v) is 5.92. The van der Waals surface area contributed by atoms with E-state index in [0.717, 1.165) is 4.47 Å². The van der Waals surface area contributed by atoms with E-state index in [1.807, 2.05) is 12.1 Å². The SMILES string of the molecule is CN(CCC#N)C(=O)CS(=O)c1ccccc1Br. The molecule has 0 N–H and O–H groups in total. The molecule has 1 aromatic carbocycles. The minimum atomic E-state index is -1.37. The maximum absolute atomic E-state index is 12.0. The molecule has 1 unspecified atom stereocenters. The van der Waals surface area contributed by atoms with E-state index in [4.69, 9.17) is 5.26 Å². The van der Waals surface area contributed by atoms with Gasteiger partial charge in [0.05, 0.1) is 28.2 Å². The Hall–Kier alpha value is -1.19. The third-order valence-electron chi connectivity index (χ3n) is 2.32. The van der Waals surface area contributed by atoms with Crippen molar-refractivity contribution in [3.63, 3.8) is 0 Å². The lowest BCUT2D eigenvalue weighted by Gasteiger charge is -2.15. The number of halogens is 1. The fraction of sp³-hybridized carbons (Fsp3) is 0.333. The molecule has 0 fully saturated rings. The summed E-state index contributed by atoms with van der Waals surface area (Å²) >= 11 is 3.30. The lowest BCUT2D eigenvalue weighted by atomic mass is 10.4. The number of carbonyl (C=O) groups is 1. The molecule has 96 valence electrons. The third kappa shape index (κ3) is 4.24. The Morgan fingerprint density at radius 1 is 1.50 bits per heavy atom. The number of hydrogen-bond donors (Lipinski definition) is 0. The van der Waals surface area contributed by atoms with Gasteiger partial charge in [0.2, 0.25) is 5.91 Å². The van der Waals surface area contributed by atoms with Crippen molar-refractivity contribution in [2.75, 3.05) is 19.3 Å². The molecule has 1 aromatic rings.